The number of ether oxygens (including phenoxy) is 1. The summed E-state index contributed by atoms with van der Waals surface area (Å²) >= 11 is 0. The average Bonchev–Trinajstić information content (AvgIpc) is 2.32. The minimum atomic E-state index is -0.179. The highest BCUT2D eigenvalue weighted by Gasteiger charge is 2.20. The summed E-state index contributed by atoms with van der Waals surface area (Å²) in [4.78, 5) is 11.4. The number of rotatable bonds is 3. The predicted octanol–water partition coefficient (Wildman–Crippen LogP) is 2.50. The van der Waals surface area contributed by atoms with E-state index in [1.54, 1.807) is 7.05 Å². The van der Waals surface area contributed by atoms with E-state index < -0.39 is 0 Å². The molecule has 90 valence electrons. The lowest BCUT2D eigenvalue weighted by molar-refractivity contribution is -0.152. The SMILES string of the molecule is CC.CN[C@@H](C)C(=O)OC1CCCCC1. The van der Waals surface area contributed by atoms with Crippen LogP contribution in [0, 0.1) is 0 Å². The second-order valence-electron chi connectivity index (χ2n) is 3.71. The van der Waals surface area contributed by atoms with Crippen LogP contribution in [0.25, 0.3) is 0 Å². The third-order valence-corrected chi connectivity index (χ3v) is 2.62. The molecule has 1 saturated carbocycles. The first-order chi connectivity index (χ1) is 7.24. The number of carbonyl (C=O) groups excluding carboxylic acids is 1. The fourth-order valence-electron chi connectivity index (χ4n) is 1.57. The second kappa shape index (κ2) is 8.72. The van der Waals surface area contributed by atoms with Crippen molar-refractivity contribution < 1.29 is 9.53 Å². The lowest BCUT2D eigenvalue weighted by atomic mass is 9.98. The van der Waals surface area contributed by atoms with Gasteiger partial charge in [0.15, 0.2) is 0 Å². The summed E-state index contributed by atoms with van der Waals surface area (Å²) in [5.41, 5.74) is 0. The van der Waals surface area contributed by atoms with Crippen LogP contribution >= 0.6 is 0 Å². The van der Waals surface area contributed by atoms with E-state index in [0.29, 0.717) is 0 Å². The van der Waals surface area contributed by atoms with Crippen molar-refractivity contribution in [3.05, 3.63) is 0 Å². The van der Waals surface area contributed by atoms with Crippen LogP contribution in [0.2, 0.25) is 0 Å². The summed E-state index contributed by atoms with van der Waals surface area (Å²) in [6.45, 7) is 5.82. The molecule has 0 heterocycles. The molecule has 0 aliphatic heterocycles. The Morgan fingerprint density at radius 2 is 1.80 bits per heavy atom. The molecule has 1 N–H and O–H groups in total. The maximum absolute atomic E-state index is 11.4. The van der Waals surface area contributed by atoms with E-state index in [1.807, 2.05) is 20.8 Å². The van der Waals surface area contributed by atoms with Crippen molar-refractivity contribution in [3.8, 4) is 0 Å². The van der Waals surface area contributed by atoms with Crippen LogP contribution in [0.1, 0.15) is 52.9 Å². The van der Waals surface area contributed by atoms with Crippen LogP contribution in [0.5, 0.6) is 0 Å². The number of nitrogens with one attached hydrogen (secondary N) is 1. The molecule has 1 atom stereocenters. The van der Waals surface area contributed by atoms with E-state index in [0.717, 1.165) is 12.8 Å². The first kappa shape index (κ1) is 14.4. The fourth-order valence-corrected chi connectivity index (χ4v) is 1.57. The lowest BCUT2D eigenvalue weighted by Gasteiger charge is -2.23. The molecule has 0 aromatic carbocycles. The molecule has 0 aromatic rings. The van der Waals surface area contributed by atoms with Gasteiger partial charge in [0, 0.05) is 0 Å². The van der Waals surface area contributed by atoms with Gasteiger partial charge < -0.3 is 10.1 Å². The van der Waals surface area contributed by atoms with E-state index in [9.17, 15) is 4.79 Å². The van der Waals surface area contributed by atoms with Gasteiger partial charge in [-0.15, -0.1) is 0 Å². The van der Waals surface area contributed by atoms with Gasteiger partial charge in [-0.05, 0) is 39.7 Å². The van der Waals surface area contributed by atoms with Crippen molar-refractivity contribution in [2.75, 3.05) is 7.05 Å². The number of esters is 1. The molecule has 1 fully saturated rings. The minimum Gasteiger partial charge on any atom is -0.461 e. The third-order valence-electron chi connectivity index (χ3n) is 2.62. The quantitative estimate of drug-likeness (QED) is 0.735. The van der Waals surface area contributed by atoms with Crippen molar-refractivity contribution in [3.63, 3.8) is 0 Å². The minimum absolute atomic E-state index is 0.116. The third kappa shape index (κ3) is 5.78. The number of likely N-dealkylation sites (N-methyl/N-ethyl adjacent to an activating group) is 1. The van der Waals surface area contributed by atoms with Crippen molar-refractivity contribution in [1.82, 2.24) is 5.32 Å². The molecule has 0 radical (unpaired) electrons. The monoisotopic (exact) mass is 215 g/mol. The second-order valence-corrected chi connectivity index (χ2v) is 3.71. The molecule has 0 spiro atoms. The van der Waals surface area contributed by atoms with Crippen LogP contribution in [-0.2, 0) is 9.53 Å². The molecular formula is C12H25NO2. The molecule has 0 unspecified atom stereocenters. The molecule has 1 aliphatic rings. The maximum atomic E-state index is 11.4. The number of carbonyl (C=O) groups is 1. The molecule has 3 heteroatoms. The largest absolute Gasteiger partial charge is 0.461 e. The van der Waals surface area contributed by atoms with Gasteiger partial charge in [0.1, 0.15) is 12.1 Å². The summed E-state index contributed by atoms with van der Waals surface area (Å²) in [6, 6.07) is -0.179. The van der Waals surface area contributed by atoms with E-state index >= 15 is 0 Å². The zero-order chi connectivity index (χ0) is 11.7. The van der Waals surface area contributed by atoms with Crippen LogP contribution in [-0.4, -0.2) is 25.2 Å². The highest BCUT2D eigenvalue weighted by molar-refractivity contribution is 5.75. The van der Waals surface area contributed by atoms with Crippen molar-refractivity contribution >= 4 is 5.97 Å². The zero-order valence-electron chi connectivity index (χ0n) is 10.5. The smallest absolute Gasteiger partial charge is 0.323 e. The van der Waals surface area contributed by atoms with Gasteiger partial charge in [-0.2, -0.15) is 0 Å². The van der Waals surface area contributed by atoms with Crippen molar-refractivity contribution in [1.29, 1.82) is 0 Å². The highest BCUT2D eigenvalue weighted by atomic mass is 16.5. The first-order valence-electron chi connectivity index (χ1n) is 6.12. The predicted molar refractivity (Wildman–Crippen MR) is 62.8 cm³/mol. The Balaban J connectivity index is 0.000000921. The van der Waals surface area contributed by atoms with Crippen LogP contribution < -0.4 is 5.32 Å². The Morgan fingerprint density at radius 3 is 2.27 bits per heavy atom. The van der Waals surface area contributed by atoms with E-state index in [2.05, 4.69) is 5.32 Å². The Bertz CT molecular complexity index is 165. The summed E-state index contributed by atoms with van der Waals surface area (Å²) in [5, 5.41) is 2.88. The fraction of sp³-hybridized carbons (Fsp3) is 0.917. The molecule has 0 bridgehead atoms. The van der Waals surface area contributed by atoms with Gasteiger partial charge in [0.25, 0.3) is 0 Å². The summed E-state index contributed by atoms with van der Waals surface area (Å²) < 4.78 is 5.34. The number of hydrogen-bond donors (Lipinski definition) is 1. The molecule has 15 heavy (non-hydrogen) atoms. The van der Waals surface area contributed by atoms with Gasteiger partial charge in [0.05, 0.1) is 0 Å². The maximum Gasteiger partial charge on any atom is 0.323 e. The molecule has 0 aromatic heterocycles. The lowest BCUT2D eigenvalue weighted by Crippen LogP contribution is -2.35. The van der Waals surface area contributed by atoms with Crippen LogP contribution in [0.15, 0.2) is 0 Å². The Morgan fingerprint density at radius 1 is 1.27 bits per heavy atom. The van der Waals surface area contributed by atoms with Gasteiger partial charge in [0.2, 0.25) is 0 Å². The average molecular weight is 215 g/mol. The Kier molecular flexibility index (Phi) is 8.38. The van der Waals surface area contributed by atoms with Gasteiger partial charge in [-0.25, -0.2) is 0 Å². The standard InChI is InChI=1S/C10H19NO2.C2H6/c1-8(11-2)10(12)13-9-6-4-3-5-7-9;1-2/h8-9,11H,3-7H2,1-2H3;1-2H3/t8-;/m0./s1. The van der Waals surface area contributed by atoms with Crippen LogP contribution in [0.4, 0.5) is 0 Å². The van der Waals surface area contributed by atoms with Gasteiger partial charge in [-0.3, -0.25) is 4.79 Å². The summed E-state index contributed by atoms with van der Waals surface area (Å²) in [7, 11) is 1.77. The normalized spacial score (nSPS) is 18.7. The van der Waals surface area contributed by atoms with E-state index in [-0.39, 0.29) is 18.1 Å². The van der Waals surface area contributed by atoms with Crippen LogP contribution in [0.3, 0.4) is 0 Å². The van der Waals surface area contributed by atoms with Crippen molar-refractivity contribution in [2.45, 2.75) is 65.0 Å². The molecule has 1 aliphatic carbocycles. The molecular weight excluding hydrogens is 190 g/mol. The highest BCUT2D eigenvalue weighted by Crippen LogP contribution is 2.20. The Labute approximate surface area is 93.6 Å². The number of hydrogen-bond acceptors (Lipinski definition) is 3. The van der Waals surface area contributed by atoms with E-state index in [1.165, 1.54) is 19.3 Å². The topological polar surface area (TPSA) is 38.3 Å². The summed E-state index contributed by atoms with van der Waals surface area (Å²) in [6.07, 6.45) is 5.95. The van der Waals surface area contributed by atoms with Gasteiger partial charge in [-0.1, -0.05) is 20.3 Å². The van der Waals surface area contributed by atoms with E-state index in [4.69, 9.17) is 4.74 Å². The van der Waals surface area contributed by atoms with Crippen molar-refractivity contribution in [2.24, 2.45) is 0 Å². The summed E-state index contributed by atoms with van der Waals surface area (Å²) in [5.74, 6) is -0.116. The molecule has 1 rings (SSSR count). The van der Waals surface area contributed by atoms with Gasteiger partial charge >= 0.3 is 5.97 Å². The Hall–Kier alpha value is -0.570. The first-order valence-corrected chi connectivity index (χ1v) is 6.12. The molecule has 0 amide bonds. The molecule has 3 nitrogen and oxygen atoms in total. The molecule has 0 saturated heterocycles. The zero-order valence-corrected chi connectivity index (χ0v) is 10.5.